The van der Waals surface area contributed by atoms with Gasteiger partial charge in [-0.05, 0) is 37.0 Å². The van der Waals surface area contributed by atoms with Crippen LogP contribution in [0.15, 0.2) is 6.33 Å². The van der Waals surface area contributed by atoms with E-state index in [1.54, 1.807) is 0 Å². The van der Waals surface area contributed by atoms with Crippen molar-refractivity contribution in [3.05, 3.63) is 17.6 Å². The number of nitrogens with two attached hydrogens (primary N) is 1. The molecule has 2 aliphatic rings. The zero-order valence-electron chi connectivity index (χ0n) is 15.3. The lowest BCUT2D eigenvalue weighted by atomic mass is 9.64. The molecule has 4 rings (SSSR count). The predicted molar refractivity (Wildman–Crippen MR) is 95.6 cm³/mol. The van der Waals surface area contributed by atoms with E-state index in [0.717, 1.165) is 18.5 Å². The van der Waals surface area contributed by atoms with Crippen LogP contribution in [0.4, 0.5) is 5.82 Å². The smallest absolute Gasteiger partial charge is 0.254 e. The maximum atomic E-state index is 11.4. The number of aryl methyl sites for hydroxylation is 1. The van der Waals surface area contributed by atoms with Crippen LogP contribution >= 0.6 is 0 Å². The van der Waals surface area contributed by atoms with Gasteiger partial charge in [-0.3, -0.25) is 0 Å². The number of hydrogen-bond acceptors (Lipinski definition) is 5. The third kappa shape index (κ3) is 1.93. The highest BCUT2D eigenvalue weighted by Gasteiger charge is 2.68. The van der Waals surface area contributed by atoms with E-state index < -0.39 is 5.60 Å². The Morgan fingerprint density at radius 3 is 2.76 bits per heavy atom. The Morgan fingerprint density at radius 1 is 1.40 bits per heavy atom. The largest absolute Gasteiger partial charge is 0.382 e. The fraction of sp³-hybridized carbons (Fsp3) is 0.632. The van der Waals surface area contributed by atoms with E-state index >= 15 is 0 Å². The van der Waals surface area contributed by atoms with Gasteiger partial charge in [0.15, 0.2) is 0 Å². The number of aromatic nitrogens is 4. The van der Waals surface area contributed by atoms with Crippen LogP contribution < -0.4 is 5.73 Å². The van der Waals surface area contributed by atoms with Gasteiger partial charge in [-0.1, -0.05) is 39.5 Å². The van der Waals surface area contributed by atoms with E-state index in [1.165, 1.54) is 17.3 Å². The molecule has 0 spiro atoms. The third-order valence-corrected chi connectivity index (χ3v) is 7.16. The molecule has 25 heavy (non-hydrogen) atoms. The highest BCUT2D eigenvalue weighted by atomic mass is 16.3. The van der Waals surface area contributed by atoms with Crippen LogP contribution in [-0.4, -0.2) is 30.3 Å². The summed E-state index contributed by atoms with van der Waals surface area (Å²) in [5.74, 6) is 7.79. The lowest BCUT2D eigenvalue weighted by molar-refractivity contribution is -0.0432. The number of anilines is 1. The molecule has 0 aromatic carbocycles. The molecule has 0 aliphatic heterocycles. The van der Waals surface area contributed by atoms with Gasteiger partial charge in [0.1, 0.15) is 17.7 Å². The molecular formula is C19H25N5O. The van der Waals surface area contributed by atoms with Gasteiger partial charge in [-0.2, -0.15) is 14.6 Å². The topological polar surface area (TPSA) is 89.3 Å². The molecular weight excluding hydrogens is 314 g/mol. The van der Waals surface area contributed by atoms with E-state index in [2.05, 4.69) is 47.7 Å². The summed E-state index contributed by atoms with van der Waals surface area (Å²) in [6, 6.07) is 0. The van der Waals surface area contributed by atoms with E-state index in [9.17, 15) is 5.11 Å². The third-order valence-electron chi connectivity index (χ3n) is 7.16. The van der Waals surface area contributed by atoms with Crippen LogP contribution in [-0.2, 0) is 6.42 Å². The zero-order valence-corrected chi connectivity index (χ0v) is 15.3. The monoisotopic (exact) mass is 339 g/mol. The summed E-state index contributed by atoms with van der Waals surface area (Å²) in [5.41, 5.74) is 6.60. The van der Waals surface area contributed by atoms with Crippen molar-refractivity contribution in [3.8, 4) is 11.8 Å². The average molecular weight is 339 g/mol. The van der Waals surface area contributed by atoms with Crippen molar-refractivity contribution < 1.29 is 5.11 Å². The second-order valence-corrected chi connectivity index (χ2v) is 8.25. The second-order valence-electron chi connectivity index (χ2n) is 8.25. The molecule has 2 bridgehead atoms. The van der Waals surface area contributed by atoms with Gasteiger partial charge in [-0.25, -0.2) is 4.98 Å². The number of rotatable bonds is 1. The van der Waals surface area contributed by atoms with Gasteiger partial charge >= 0.3 is 0 Å². The molecule has 0 unspecified atom stereocenters. The van der Waals surface area contributed by atoms with E-state index in [-0.39, 0.29) is 10.8 Å². The minimum Gasteiger partial charge on any atom is -0.382 e. The maximum absolute atomic E-state index is 11.4. The Bertz CT molecular complexity index is 921. The summed E-state index contributed by atoms with van der Waals surface area (Å²) in [6.07, 6.45) is 5.03. The zero-order chi connectivity index (χ0) is 18.0. The normalized spacial score (nSPS) is 32.8. The maximum Gasteiger partial charge on any atom is 0.254 e. The van der Waals surface area contributed by atoms with E-state index in [4.69, 9.17) is 5.73 Å². The van der Waals surface area contributed by atoms with Crippen molar-refractivity contribution in [2.45, 2.75) is 59.0 Å². The molecule has 0 saturated heterocycles. The molecule has 2 aromatic rings. The molecule has 2 fully saturated rings. The van der Waals surface area contributed by atoms with Gasteiger partial charge < -0.3 is 10.8 Å². The quantitative estimate of drug-likeness (QED) is 0.778. The molecule has 0 radical (unpaired) electrons. The van der Waals surface area contributed by atoms with Gasteiger partial charge in [-0.15, -0.1) is 0 Å². The van der Waals surface area contributed by atoms with Crippen molar-refractivity contribution in [2.24, 2.45) is 16.7 Å². The molecule has 2 aromatic heterocycles. The van der Waals surface area contributed by atoms with Crippen molar-refractivity contribution in [2.75, 3.05) is 5.73 Å². The second kappa shape index (κ2) is 4.95. The summed E-state index contributed by atoms with van der Waals surface area (Å²) in [7, 11) is 0. The average Bonchev–Trinajstić information content (AvgIpc) is 3.16. The minimum atomic E-state index is -0.992. The van der Waals surface area contributed by atoms with Crippen molar-refractivity contribution in [1.82, 2.24) is 19.6 Å². The number of fused-ring (bicyclic) bond motifs is 3. The predicted octanol–water partition coefficient (Wildman–Crippen LogP) is 2.20. The summed E-state index contributed by atoms with van der Waals surface area (Å²) in [5, 5.41) is 15.5. The van der Waals surface area contributed by atoms with Crippen LogP contribution in [0.1, 0.15) is 58.2 Å². The Kier molecular flexibility index (Phi) is 3.24. The summed E-state index contributed by atoms with van der Waals surface area (Å²) >= 11 is 0. The van der Waals surface area contributed by atoms with Crippen LogP contribution in [0.2, 0.25) is 0 Å². The number of aliphatic hydroxyl groups is 1. The number of nitrogens with zero attached hydrogens (tertiary/aromatic N) is 4. The Morgan fingerprint density at radius 2 is 2.16 bits per heavy atom. The molecule has 6 heteroatoms. The fourth-order valence-corrected chi connectivity index (χ4v) is 4.93. The highest BCUT2D eigenvalue weighted by Crippen LogP contribution is 2.69. The Balaban J connectivity index is 1.83. The van der Waals surface area contributed by atoms with Crippen molar-refractivity contribution >= 4 is 11.6 Å². The molecule has 3 atom stereocenters. The van der Waals surface area contributed by atoms with Gasteiger partial charge in [0.2, 0.25) is 0 Å². The molecule has 6 nitrogen and oxygen atoms in total. The summed E-state index contributed by atoms with van der Waals surface area (Å²) in [6.45, 7) is 8.71. The Hall–Kier alpha value is -2.13. The minimum absolute atomic E-state index is 0.0870. The lowest BCUT2D eigenvalue weighted by Crippen LogP contribution is -2.46. The molecule has 3 N–H and O–H groups in total. The molecule has 2 heterocycles. The van der Waals surface area contributed by atoms with Gasteiger partial charge in [0, 0.05) is 5.41 Å². The molecule has 0 amide bonds. The summed E-state index contributed by atoms with van der Waals surface area (Å²) < 4.78 is 1.50. The first-order chi connectivity index (χ1) is 11.7. The van der Waals surface area contributed by atoms with Crippen LogP contribution in [0.3, 0.4) is 0 Å². The molecule has 2 saturated carbocycles. The first kappa shape index (κ1) is 16.3. The van der Waals surface area contributed by atoms with Crippen LogP contribution in [0.5, 0.6) is 0 Å². The number of nitrogen functional groups attached to an aromatic ring is 1. The first-order valence-electron chi connectivity index (χ1n) is 8.97. The Labute approximate surface area is 147 Å². The molecule has 2 aliphatic carbocycles. The molecule has 132 valence electrons. The highest BCUT2D eigenvalue weighted by molar-refractivity contribution is 5.58. The fourth-order valence-electron chi connectivity index (χ4n) is 4.93. The van der Waals surface area contributed by atoms with Crippen molar-refractivity contribution in [3.63, 3.8) is 0 Å². The first-order valence-corrected chi connectivity index (χ1v) is 8.97. The van der Waals surface area contributed by atoms with Gasteiger partial charge in [0.25, 0.3) is 5.78 Å². The summed E-state index contributed by atoms with van der Waals surface area (Å²) in [4.78, 5) is 8.61. The SMILES string of the molecule is CCc1nc2ncnn2c(N)c1C#C[C@@]1(O)C[C@@H]2CC[C@]1(C)C2(C)C. The van der Waals surface area contributed by atoms with E-state index in [0.29, 0.717) is 29.5 Å². The van der Waals surface area contributed by atoms with Crippen molar-refractivity contribution in [1.29, 1.82) is 0 Å². The lowest BCUT2D eigenvalue weighted by Gasteiger charge is -2.42. The van der Waals surface area contributed by atoms with Crippen LogP contribution in [0.25, 0.3) is 5.78 Å². The van der Waals surface area contributed by atoms with E-state index in [1.807, 2.05) is 6.92 Å². The number of hydrogen-bond donors (Lipinski definition) is 2. The standard InChI is InChI=1S/C19H25N5O/c1-5-14-13(15(20)24-16(23-14)21-11-22-24)7-9-19(25)10-12-6-8-18(19,4)17(12,2)3/h11-12,25H,5-6,8,10,20H2,1-4H3/t12-,18+,19+/m0/s1. The van der Waals surface area contributed by atoms with Gasteiger partial charge in [0.05, 0.1) is 11.3 Å². The van der Waals surface area contributed by atoms with Crippen LogP contribution in [0, 0.1) is 28.6 Å².